The summed E-state index contributed by atoms with van der Waals surface area (Å²) < 4.78 is 34.5. The highest BCUT2D eigenvalue weighted by Crippen LogP contribution is 2.27. The molecule has 9 heteroatoms. The van der Waals surface area contributed by atoms with Gasteiger partial charge in [0.25, 0.3) is 10.0 Å². The third-order valence-corrected chi connectivity index (χ3v) is 9.85. The quantitative estimate of drug-likeness (QED) is 0.283. The van der Waals surface area contributed by atoms with Crippen molar-refractivity contribution in [3.8, 4) is 5.75 Å². The molecular formula is C34H43N3O5S. The highest BCUT2D eigenvalue weighted by Gasteiger charge is 2.34. The van der Waals surface area contributed by atoms with Gasteiger partial charge in [0.2, 0.25) is 11.8 Å². The zero-order valence-electron chi connectivity index (χ0n) is 25.6. The maximum absolute atomic E-state index is 14.3. The van der Waals surface area contributed by atoms with Crippen molar-refractivity contribution in [2.45, 2.75) is 82.8 Å². The van der Waals surface area contributed by atoms with E-state index in [2.05, 4.69) is 5.32 Å². The van der Waals surface area contributed by atoms with E-state index in [1.165, 1.54) is 12.0 Å². The standard InChI is InChI=1S/C34H43N3O5S/c1-5-32(34(39)35-28-9-7-6-8-10-28)36(23-27-15-11-25(2)12-16-27)33(38)24-37(29-17-19-30(42-4)20-18-29)43(40,41)31-21-13-26(3)14-22-31/h11-22,28,32H,5-10,23-24H2,1-4H3,(H,35,39)/t32-/m0/s1. The van der Waals surface area contributed by atoms with Gasteiger partial charge in [-0.1, -0.05) is 73.7 Å². The van der Waals surface area contributed by atoms with Crippen molar-refractivity contribution in [2.75, 3.05) is 18.0 Å². The number of carbonyl (C=O) groups excluding carboxylic acids is 2. The molecule has 0 radical (unpaired) electrons. The van der Waals surface area contributed by atoms with Crippen LogP contribution in [0.25, 0.3) is 0 Å². The van der Waals surface area contributed by atoms with E-state index in [1.807, 2.05) is 45.0 Å². The molecule has 2 amide bonds. The van der Waals surface area contributed by atoms with Crippen molar-refractivity contribution in [3.63, 3.8) is 0 Å². The Balaban J connectivity index is 1.70. The van der Waals surface area contributed by atoms with Crippen LogP contribution in [0.1, 0.15) is 62.1 Å². The van der Waals surface area contributed by atoms with Crippen LogP contribution in [-0.2, 0) is 26.2 Å². The number of amides is 2. The van der Waals surface area contributed by atoms with Crippen molar-refractivity contribution in [1.82, 2.24) is 10.2 Å². The summed E-state index contributed by atoms with van der Waals surface area (Å²) in [6, 6.07) is 20.2. The summed E-state index contributed by atoms with van der Waals surface area (Å²) in [6.07, 6.45) is 5.55. The number of carbonyl (C=O) groups is 2. The van der Waals surface area contributed by atoms with Crippen LogP contribution in [-0.4, -0.2) is 50.9 Å². The second kappa shape index (κ2) is 14.6. The summed E-state index contributed by atoms with van der Waals surface area (Å²) in [6.45, 7) is 5.46. The minimum Gasteiger partial charge on any atom is -0.497 e. The van der Waals surface area contributed by atoms with Crippen LogP contribution in [0.2, 0.25) is 0 Å². The first-order valence-corrected chi connectivity index (χ1v) is 16.4. The van der Waals surface area contributed by atoms with Crippen molar-refractivity contribution in [3.05, 3.63) is 89.5 Å². The largest absolute Gasteiger partial charge is 0.497 e. The van der Waals surface area contributed by atoms with Crippen molar-refractivity contribution in [2.24, 2.45) is 0 Å². The molecule has 0 aromatic heterocycles. The van der Waals surface area contributed by atoms with Crippen LogP contribution in [0, 0.1) is 13.8 Å². The lowest BCUT2D eigenvalue weighted by atomic mass is 9.95. The lowest BCUT2D eigenvalue weighted by Crippen LogP contribution is -2.54. The van der Waals surface area contributed by atoms with Gasteiger partial charge in [-0.2, -0.15) is 0 Å². The number of sulfonamides is 1. The lowest BCUT2D eigenvalue weighted by Gasteiger charge is -2.34. The average molecular weight is 606 g/mol. The molecule has 0 heterocycles. The maximum atomic E-state index is 14.3. The van der Waals surface area contributed by atoms with Gasteiger partial charge in [-0.3, -0.25) is 13.9 Å². The van der Waals surface area contributed by atoms with Gasteiger partial charge in [-0.25, -0.2) is 8.42 Å². The predicted molar refractivity (Wildman–Crippen MR) is 170 cm³/mol. The van der Waals surface area contributed by atoms with Gasteiger partial charge in [0.1, 0.15) is 18.3 Å². The third-order valence-electron chi connectivity index (χ3n) is 8.06. The van der Waals surface area contributed by atoms with E-state index in [0.29, 0.717) is 17.9 Å². The van der Waals surface area contributed by atoms with E-state index in [9.17, 15) is 18.0 Å². The molecule has 4 rings (SSSR count). The summed E-state index contributed by atoms with van der Waals surface area (Å²) >= 11 is 0. The Morgan fingerprint density at radius 3 is 2.02 bits per heavy atom. The fourth-order valence-electron chi connectivity index (χ4n) is 5.47. The lowest BCUT2D eigenvalue weighted by molar-refractivity contribution is -0.140. The Morgan fingerprint density at radius 2 is 1.47 bits per heavy atom. The van der Waals surface area contributed by atoms with Crippen LogP contribution >= 0.6 is 0 Å². The van der Waals surface area contributed by atoms with E-state index in [-0.39, 0.29) is 23.4 Å². The number of hydrogen-bond donors (Lipinski definition) is 1. The Morgan fingerprint density at radius 1 is 0.884 bits per heavy atom. The SMILES string of the molecule is CC[C@@H](C(=O)NC1CCCCC1)N(Cc1ccc(C)cc1)C(=O)CN(c1ccc(OC)cc1)S(=O)(=O)c1ccc(C)cc1. The first kappa shape index (κ1) is 32.1. The number of hydrogen-bond acceptors (Lipinski definition) is 5. The van der Waals surface area contributed by atoms with Gasteiger partial charge in [-0.05, 0) is 75.1 Å². The smallest absolute Gasteiger partial charge is 0.264 e. The molecule has 1 aliphatic carbocycles. The average Bonchev–Trinajstić information content (AvgIpc) is 3.01. The van der Waals surface area contributed by atoms with Gasteiger partial charge >= 0.3 is 0 Å². The monoisotopic (exact) mass is 605 g/mol. The van der Waals surface area contributed by atoms with Crippen LogP contribution in [0.15, 0.2) is 77.7 Å². The number of rotatable bonds is 12. The summed E-state index contributed by atoms with van der Waals surface area (Å²) in [5, 5.41) is 3.18. The number of nitrogens with zero attached hydrogens (tertiary/aromatic N) is 2. The summed E-state index contributed by atoms with van der Waals surface area (Å²) in [7, 11) is -2.60. The number of nitrogens with one attached hydrogen (secondary N) is 1. The molecule has 230 valence electrons. The van der Waals surface area contributed by atoms with Gasteiger partial charge in [0.15, 0.2) is 0 Å². The van der Waals surface area contributed by atoms with Crippen molar-refractivity contribution in [1.29, 1.82) is 0 Å². The van der Waals surface area contributed by atoms with Gasteiger partial charge in [0, 0.05) is 12.6 Å². The van der Waals surface area contributed by atoms with Crippen LogP contribution < -0.4 is 14.4 Å². The molecule has 0 spiro atoms. The summed E-state index contributed by atoms with van der Waals surface area (Å²) in [5.41, 5.74) is 3.19. The normalized spacial score (nSPS) is 14.5. The molecule has 1 saturated carbocycles. The molecule has 0 unspecified atom stereocenters. The Labute approximate surface area is 256 Å². The molecule has 0 saturated heterocycles. The Bertz CT molecular complexity index is 1470. The maximum Gasteiger partial charge on any atom is 0.264 e. The van der Waals surface area contributed by atoms with Crippen LogP contribution in [0.3, 0.4) is 0 Å². The minimum absolute atomic E-state index is 0.0777. The fourth-order valence-corrected chi connectivity index (χ4v) is 6.88. The third kappa shape index (κ3) is 8.16. The van der Waals surface area contributed by atoms with Crippen molar-refractivity contribution < 1.29 is 22.7 Å². The molecule has 1 atom stereocenters. The highest BCUT2D eigenvalue weighted by molar-refractivity contribution is 7.92. The number of benzene rings is 3. The van der Waals surface area contributed by atoms with E-state index in [4.69, 9.17) is 4.74 Å². The second-order valence-corrected chi connectivity index (χ2v) is 13.2. The number of ether oxygens (including phenoxy) is 1. The molecule has 0 aliphatic heterocycles. The second-order valence-electron chi connectivity index (χ2n) is 11.3. The Hall–Kier alpha value is -3.85. The van der Waals surface area contributed by atoms with Gasteiger partial charge in [0.05, 0.1) is 17.7 Å². The Kier molecular flexibility index (Phi) is 10.9. The zero-order chi connectivity index (χ0) is 31.0. The first-order chi connectivity index (χ1) is 20.6. The minimum atomic E-state index is -4.13. The molecule has 8 nitrogen and oxygen atoms in total. The first-order valence-electron chi connectivity index (χ1n) is 15.0. The molecule has 43 heavy (non-hydrogen) atoms. The van der Waals surface area contributed by atoms with E-state index >= 15 is 0 Å². The van der Waals surface area contributed by atoms with Crippen LogP contribution in [0.5, 0.6) is 5.75 Å². The van der Waals surface area contributed by atoms with Crippen molar-refractivity contribution >= 4 is 27.5 Å². The highest BCUT2D eigenvalue weighted by atomic mass is 32.2. The van der Waals surface area contributed by atoms with Crippen LogP contribution in [0.4, 0.5) is 5.69 Å². The topological polar surface area (TPSA) is 96.0 Å². The fraction of sp³-hybridized carbons (Fsp3) is 0.412. The number of methoxy groups -OCH3 is 1. The van der Waals surface area contributed by atoms with Gasteiger partial charge in [-0.15, -0.1) is 0 Å². The molecule has 3 aromatic carbocycles. The predicted octanol–water partition coefficient (Wildman–Crippen LogP) is 5.76. The zero-order valence-corrected chi connectivity index (χ0v) is 26.4. The van der Waals surface area contributed by atoms with E-state index in [0.717, 1.165) is 53.1 Å². The van der Waals surface area contributed by atoms with E-state index in [1.54, 1.807) is 48.5 Å². The van der Waals surface area contributed by atoms with E-state index < -0.39 is 28.5 Å². The molecule has 1 fully saturated rings. The molecule has 0 bridgehead atoms. The number of anilines is 1. The molecule has 3 aromatic rings. The van der Waals surface area contributed by atoms with Gasteiger partial charge < -0.3 is 15.0 Å². The number of aryl methyl sites for hydroxylation is 2. The molecule has 1 N–H and O–H groups in total. The summed E-state index contributed by atoms with van der Waals surface area (Å²) in [5.74, 6) is -0.0980. The summed E-state index contributed by atoms with van der Waals surface area (Å²) in [4.78, 5) is 29.5. The molecular weight excluding hydrogens is 562 g/mol. The molecule has 1 aliphatic rings.